The molecule has 4 atom stereocenters. The van der Waals surface area contributed by atoms with Crippen molar-refractivity contribution in [2.75, 3.05) is 0 Å². The van der Waals surface area contributed by atoms with Crippen molar-refractivity contribution in [3.8, 4) is 0 Å². The molecule has 0 bridgehead atoms. The topological polar surface area (TPSA) is 0 Å². The average Bonchev–Trinajstić information content (AvgIpc) is 2.17. The van der Waals surface area contributed by atoms with Gasteiger partial charge >= 0.3 is 0 Å². The highest BCUT2D eigenvalue weighted by molar-refractivity contribution is 4.94. The Kier molecular flexibility index (Phi) is 3.14. The minimum absolute atomic E-state index is 0.711. The van der Waals surface area contributed by atoms with Crippen LogP contribution in [-0.4, -0.2) is 0 Å². The van der Waals surface area contributed by atoms with Crippen molar-refractivity contribution in [2.24, 2.45) is 29.1 Å². The van der Waals surface area contributed by atoms with Crippen LogP contribution >= 0.6 is 0 Å². The first-order valence-corrected chi connectivity index (χ1v) is 7.03. The van der Waals surface area contributed by atoms with Gasteiger partial charge in [0.15, 0.2) is 0 Å². The van der Waals surface area contributed by atoms with Gasteiger partial charge in [0.25, 0.3) is 0 Å². The van der Waals surface area contributed by atoms with Gasteiger partial charge in [0.2, 0.25) is 0 Å². The maximum Gasteiger partial charge on any atom is -0.0295 e. The minimum atomic E-state index is 0.711. The third-order valence-electron chi connectivity index (χ3n) is 5.58. The molecule has 15 heavy (non-hydrogen) atoms. The zero-order valence-electron chi connectivity index (χ0n) is 11.1. The molecule has 0 radical (unpaired) electrons. The fourth-order valence-corrected chi connectivity index (χ4v) is 4.29. The molecule has 2 aliphatic carbocycles. The number of hydrogen-bond acceptors (Lipinski definition) is 0. The monoisotopic (exact) mass is 208 g/mol. The largest absolute Gasteiger partial charge is 0.0625 e. The standard InChI is InChI=1S/C15H28/c1-11(2)13-7-9-15(4)8-5-6-12(3)14(15)10-13/h11-14H,5-10H2,1-4H3/t12-,13+,14-,15+/m1/s1. The number of rotatable bonds is 1. The smallest absolute Gasteiger partial charge is 0.0295 e. The zero-order valence-corrected chi connectivity index (χ0v) is 11.1. The second-order valence-corrected chi connectivity index (χ2v) is 6.91. The van der Waals surface area contributed by atoms with Crippen molar-refractivity contribution in [3.63, 3.8) is 0 Å². The molecule has 2 rings (SSSR count). The van der Waals surface area contributed by atoms with Gasteiger partial charge in [0, 0.05) is 0 Å². The molecule has 88 valence electrons. The molecule has 2 fully saturated rings. The van der Waals surface area contributed by atoms with Gasteiger partial charge < -0.3 is 0 Å². The van der Waals surface area contributed by atoms with Crippen LogP contribution in [0.4, 0.5) is 0 Å². The van der Waals surface area contributed by atoms with Gasteiger partial charge in [-0.3, -0.25) is 0 Å². The summed E-state index contributed by atoms with van der Waals surface area (Å²) in [6.07, 6.45) is 9.01. The van der Waals surface area contributed by atoms with E-state index in [0.717, 1.165) is 23.7 Å². The lowest BCUT2D eigenvalue weighted by Crippen LogP contribution is -2.41. The molecule has 0 aliphatic heterocycles. The Morgan fingerprint density at radius 3 is 2.53 bits per heavy atom. The average molecular weight is 208 g/mol. The van der Waals surface area contributed by atoms with Gasteiger partial charge in [0.05, 0.1) is 0 Å². The van der Waals surface area contributed by atoms with Gasteiger partial charge in [-0.2, -0.15) is 0 Å². The fraction of sp³-hybridized carbons (Fsp3) is 1.00. The lowest BCUT2D eigenvalue weighted by atomic mass is 9.54. The van der Waals surface area contributed by atoms with Crippen LogP contribution in [-0.2, 0) is 0 Å². The molecular formula is C15H28. The summed E-state index contributed by atoms with van der Waals surface area (Å²) >= 11 is 0. The minimum Gasteiger partial charge on any atom is -0.0625 e. The lowest BCUT2D eigenvalue weighted by molar-refractivity contribution is -0.00939. The van der Waals surface area contributed by atoms with Crippen LogP contribution in [0.15, 0.2) is 0 Å². The highest BCUT2D eigenvalue weighted by Crippen LogP contribution is 2.54. The molecule has 0 nitrogen and oxygen atoms in total. The van der Waals surface area contributed by atoms with Crippen molar-refractivity contribution in [1.82, 2.24) is 0 Å². The summed E-state index contributed by atoms with van der Waals surface area (Å²) in [5.74, 6) is 3.95. The summed E-state index contributed by atoms with van der Waals surface area (Å²) in [6.45, 7) is 9.91. The van der Waals surface area contributed by atoms with Crippen LogP contribution in [0, 0.1) is 29.1 Å². The second kappa shape index (κ2) is 4.11. The van der Waals surface area contributed by atoms with Crippen LogP contribution in [0.5, 0.6) is 0 Å². The molecule has 0 unspecified atom stereocenters. The molecule has 0 spiro atoms. The van der Waals surface area contributed by atoms with E-state index in [1.165, 1.54) is 38.5 Å². The van der Waals surface area contributed by atoms with Crippen LogP contribution in [0.25, 0.3) is 0 Å². The first-order valence-electron chi connectivity index (χ1n) is 7.03. The molecule has 0 heterocycles. The van der Waals surface area contributed by atoms with Crippen molar-refractivity contribution in [2.45, 2.75) is 66.2 Å². The van der Waals surface area contributed by atoms with Crippen LogP contribution in [0.2, 0.25) is 0 Å². The molecule has 2 aliphatic rings. The summed E-state index contributed by atoms with van der Waals surface area (Å²) in [7, 11) is 0. The molecule has 0 aromatic heterocycles. The van der Waals surface area contributed by atoms with Crippen molar-refractivity contribution < 1.29 is 0 Å². The molecule has 0 heteroatoms. The summed E-state index contributed by atoms with van der Waals surface area (Å²) in [4.78, 5) is 0. The molecule has 0 aromatic carbocycles. The Morgan fingerprint density at radius 1 is 1.13 bits per heavy atom. The first kappa shape index (κ1) is 11.5. The Hall–Kier alpha value is 0. The Morgan fingerprint density at radius 2 is 1.87 bits per heavy atom. The first-order chi connectivity index (χ1) is 7.03. The molecule has 0 N–H and O–H groups in total. The number of hydrogen-bond donors (Lipinski definition) is 0. The van der Waals surface area contributed by atoms with Crippen molar-refractivity contribution in [1.29, 1.82) is 0 Å². The van der Waals surface area contributed by atoms with E-state index in [2.05, 4.69) is 27.7 Å². The Bertz CT molecular complexity index is 218. The Balaban J connectivity index is 2.09. The van der Waals surface area contributed by atoms with Gasteiger partial charge in [0.1, 0.15) is 0 Å². The van der Waals surface area contributed by atoms with Gasteiger partial charge in [-0.1, -0.05) is 40.5 Å². The van der Waals surface area contributed by atoms with E-state index in [0.29, 0.717) is 5.41 Å². The molecule has 2 saturated carbocycles. The third kappa shape index (κ3) is 2.10. The molecule has 0 aromatic rings. The third-order valence-corrected chi connectivity index (χ3v) is 5.58. The Labute approximate surface area is 95.8 Å². The lowest BCUT2D eigenvalue weighted by Gasteiger charge is -2.51. The predicted molar refractivity (Wildman–Crippen MR) is 66.8 cm³/mol. The van der Waals surface area contributed by atoms with E-state index in [1.807, 2.05) is 0 Å². The van der Waals surface area contributed by atoms with E-state index in [1.54, 1.807) is 0 Å². The quantitative estimate of drug-likeness (QED) is 0.576. The normalized spacial score (nSPS) is 46.6. The van der Waals surface area contributed by atoms with Crippen molar-refractivity contribution >= 4 is 0 Å². The van der Waals surface area contributed by atoms with E-state index in [4.69, 9.17) is 0 Å². The maximum absolute atomic E-state index is 2.57. The van der Waals surface area contributed by atoms with Crippen LogP contribution in [0.1, 0.15) is 66.2 Å². The predicted octanol–water partition coefficient (Wildman–Crippen LogP) is 4.89. The van der Waals surface area contributed by atoms with Gasteiger partial charge in [-0.25, -0.2) is 0 Å². The van der Waals surface area contributed by atoms with Crippen molar-refractivity contribution in [3.05, 3.63) is 0 Å². The van der Waals surface area contributed by atoms with Crippen LogP contribution in [0.3, 0.4) is 0 Å². The fourth-order valence-electron chi connectivity index (χ4n) is 4.29. The van der Waals surface area contributed by atoms with Crippen LogP contribution < -0.4 is 0 Å². The summed E-state index contributed by atoms with van der Waals surface area (Å²) in [6, 6.07) is 0. The zero-order chi connectivity index (χ0) is 11.1. The number of fused-ring (bicyclic) bond motifs is 1. The summed E-state index contributed by atoms with van der Waals surface area (Å²) < 4.78 is 0. The molecule has 0 saturated heterocycles. The molecular weight excluding hydrogens is 180 g/mol. The highest BCUT2D eigenvalue weighted by Gasteiger charge is 2.44. The van der Waals surface area contributed by atoms with Gasteiger partial charge in [-0.05, 0) is 54.8 Å². The highest BCUT2D eigenvalue weighted by atomic mass is 14.5. The van der Waals surface area contributed by atoms with Gasteiger partial charge in [-0.15, -0.1) is 0 Å². The summed E-state index contributed by atoms with van der Waals surface area (Å²) in [5.41, 5.74) is 0.711. The molecule has 0 amide bonds. The van der Waals surface area contributed by atoms with E-state index in [9.17, 15) is 0 Å². The van der Waals surface area contributed by atoms with E-state index in [-0.39, 0.29) is 0 Å². The van der Waals surface area contributed by atoms with E-state index >= 15 is 0 Å². The SMILES string of the molecule is CC(C)[C@H]1CC[C@]2(C)CCC[C@@H](C)[C@H]2C1. The second-order valence-electron chi connectivity index (χ2n) is 6.91. The summed E-state index contributed by atoms with van der Waals surface area (Å²) in [5, 5.41) is 0. The maximum atomic E-state index is 2.57. The van der Waals surface area contributed by atoms with E-state index < -0.39 is 0 Å².